The minimum absolute atomic E-state index is 0.433. The SMILES string of the molecule is CCN(Cc1cc(CN)no1)C(C)CN(C)C. The summed E-state index contributed by atoms with van der Waals surface area (Å²) in [4.78, 5) is 4.56. The quantitative estimate of drug-likeness (QED) is 0.767. The van der Waals surface area contributed by atoms with Crippen LogP contribution in [0.15, 0.2) is 10.6 Å². The van der Waals surface area contributed by atoms with E-state index in [2.05, 4.69) is 42.9 Å². The van der Waals surface area contributed by atoms with Crippen LogP contribution in [0.2, 0.25) is 0 Å². The number of nitrogens with zero attached hydrogens (tertiary/aromatic N) is 3. The highest BCUT2D eigenvalue weighted by Gasteiger charge is 2.15. The van der Waals surface area contributed by atoms with E-state index in [4.69, 9.17) is 10.3 Å². The molecule has 0 aliphatic rings. The average molecular weight is 240 g/mol. The Labute approximate surface area is 104 Å². The van der Waals surface area contributed by atoms with Gasteiger partial charge < -0.3 is 15.2 Å². The first-order chi connectivity index (χ1) is 8.06. The van der Waals surface area contributed by atoms with Crippen molar-refractivity contribution in [2.75, 3.05) is 27.2 Å². The third kappa shape index (κ3) is 4.46. The molecule has 0 saturated carbocycles. The lowest BCUT2D eigenvalue weighted by Crippen LogP contribution is -2.39. The summed E-state index contributed by atoms with van der Waals surface area (Å²) in [5, 5.41) is 3.91. The molecule has 1 rings (SSSR count). The summed E-state index contributed by atoms with van der Waals surface area (Å²) < 4.78 is 5.26. The van der Waals surface area contributed by atoms with Crippen molar-refractivity contribution in [1.29, 1.82) is 0 Å². The molecule has 0 saturated heterocycles. The van der Waals surface area contributed by atoms with E-state index in [9.17, 15) is 0 Å². The van der Waals surface area contributed by atoms with Crippen molar-refractivity contribution in [3.63, 3.8) is 0 Å². The van der Waals surface area contributed by atoms with E-state index in [1.807, 2.05) is 6.07 Å². The highest BCUT2D eigenvalue weighted by atomic mass is 16.5. The van der Waals surface area contributed by atoms with Crippen molar-refractivity contribution < 1.29 is 4.52 Å². The van der Waals surface area contributed by atoms with Crippen LogP contribution in [0.3, 0.4) is 0 Å². The predicted molar refractivity (Wildman–Crippen MR) is 68.5 cm³/mol. The highest BCUT2D eigenvalue weighted by molar-refractivity contribution is 5.04. The van der Waals surface area contributed by atoms with E-state index in [1.54, 1.807) is 0 Å². The number of aromatic nitrogens is 1. The standard InChI is InChI=1S/C12H24N4O/c1-5-16(10(2)8-15(3)4)9-12-6-11(7-13)14-17-12/h6,10H,5,7-9,13H2,1-4H3. The maximum Gasteiger partial charge on any atom is 0.151 e. The minimum Gasteiger partial charge on any atom is -0.360 e. The van der Waals surface area contributed by atoms with Gasteiger partial charge in [-0.2, -0.15) is 0 Å². The lowest BCUT2D eigenvalue weighted by Gasteiger charge is -2.28. The van der Waals surface area contributed by atoms with Crippen LogP contribution in [0.1, 0.15) is 25.3 Å². The molecule has 0 radical (unpaired) electrons. The molecular weight excluding hydrogens is 216 g/mol. The average Bonchev–Trinajstić information content (AvgIpc) is 2.72. The second kappa shape index (κ2) is 6.74. The summed E-state index contributed by atoms with van der Waals surface area (Å²) in [7, 11) is 4.18. The summed E-state index contributed by atoms with van der Waals surface area (Å²) >= 11 is 0. The van der Waals surface area contributed by atoms with Crippen LogP contribution in [0.4, 0.5) is 0 Å². The van der Waals surface area contributed by atoms with Gasteiger partial charge in [-0.3, -0.25) is 4.90 Å². The molecule has 1 atom stereocenters. The molecule has 0 aromatic carbocycles. The van der Waals surface area contributed by atoms with Crippen molar-refractivity contribution in [2.24, 2.45) is 5.73 Å². The van der Waals surface area contributed by atoms with Crippen LogP contribution >= 0.6 is 0 Å². The monoisotopic (exact) mass is 240 g/mol. The Kier molecular flexibility index (Phi) is 5.61. The molecule has 1 heterocycles. The molecule has 1 aromatic rings. The van der Waals surface area contributed by atoms with E-state index < -0.39 is 0 Å². The summed E-state index contributed by atoms with van der Waals surface area (Å²) in [6, 6.07) is 2.42. The Bertz CT molecular complexity index is 324. The number of rotatable bonds is 7. The first-order valence-electron chi connectivity index (χ1n) is 6.10. The number of nitrogens with two attached hydrogens (primary N) is 1. The maximum absolute atomic E-state index is 5.51. The smallest absolute Gasteiger partial charge is 0.151 e. The maximum atomic E-state index is 5.51. The molecule has 0 fully saturated rings. The largest absolute Gasteiger partial charge is 0.360 e. The Hall–Kier alpha value is -0.910. The van der Waals surface area contributed by atoms with Crippen molar-refractivity contribution >= 4 is 0 Å². The molecular formula is C12H24N4O. The fourth-order valence-electron chi connectivity index (χ4n) is 1.95. The van der Waals surface area contributed by atoms with Gasteiger partial charge in [-0.1, -0.05) is 12.1 Å². The van der Waals surface area contributed by atoms with Crippen molar-refractivity contribution in [3.8, 4) is 0 Å². The van der Waals surface area contributed by atoms with E-state index in [0.717, 1.165) is 31.1 Å². The normalized spacial score (nSPS) is 13.6. The van der Waals surface area contributed by atoms with Gasteiger partial charge in [-0.15, -0.1) is 0 Å². The zero-order chi connectivity index (χ0) is 12.8. The topological polar surface area (TPSA) is 58.5 Å². The van der Waals surface area contributed by atoms with E-state index >= 15 is 0 Å². The molecule has 0 bridgehead atoms. The lowest BCUT2D eigenvalue weighted by molar-refractivity contribution is 0.158. The molecule has 0 amide bonds. The molecule has 0 aliphatic heterocycles. The number of hydrogen-bond donors (Lipinski definition) is 1. The molecule has 0 aliphatic carbocycles. The molecule has 1 aromatic heterocycles. The fourth-order valence-corrected chi connectivity index (χ4v) is 1.95. The van der Waals surface area contributed by atoms with Crippen molar-refractivity contribution in [3.05, 3.63) is 17.5 Å². The van der Waals surface area contributed by atoms with Gasteiger partial charge in [0.25, 0.3) is 0 Å². The first-order valence-corrected chi connectivity index (χ1v) is 6.10. The van der Waals surface area contributed by atoms with Gasteiger partial charge in [0.15, 0.2) is 5.76 Å². The van der Waals surface area contributed by atoms with Crippen LogP contribution in [-0.2, 0) is 13.1 Å². The minimum atomic E-state index is 0.433. The Morgan fingerprint density at radius 1 is 1.47 bits per heavy atom. The zero-order valence-corrected chi connectivity index (χ0v) is 11.3. The molecule has 5 nitrogen and oxygen atoms in total. The Morgan fingerprint density at radius 3 is 2.65 bits per heavy atom. The van der Waals surface area contributed by atoms with E-state index in [-0.39, 0.29) is 0 Å². The zero-order valence-electron chi connectivity index (χ0n) is 11.3. The molecule has 2 N–H and O–H groups in total. The highest BCUT2D eigenvalue weighted by Crippen LogP contribution is 2.10. The first kappa shape index (κ1) is 14.2. The molecule has 5 heteroatoms. The third-order valence-electron chi connectivity index (χ3n) is 2.83. The second-order valence-corrected chi connectivity index (χ2v) is 4.66. The van der Waals surface area contributed by atoms with Crippen LogP contribution in [0.25, 0.3) is 0 Å². The van der Waals surface area contributed by atoms with Crippen LogP contribution in [0.5, 0.6) is 0 Å². The summed E-state index contributed by atoms with van der Waals surface area (Å²) in [5.41, 5.74) is 6.33. The molecule has 98 valence electrons. The van der Waals surface area contributed by atoms with Crippen molar-refractivity contribution in [1.82, 2.24) is 15.0 Å². The van der Waals surface area contributed by atoms with Crippen molar-refractivity contribution in [2.45, 2.75) is 33.0 Å². The lowest BCUT2D eigenvalue weighted by atomic mass is 10.2. The van der Waals surface area contributed by atoms with Gasteiger partial charge in [0.2, 0.25) is 0 Å². The van der Waals surface area contributed by atoms with Gasteiger partial charge in [0.1, 0.15) is 0 Å². The summed E-state index contributed by atoms with van der Waals surface area (Å²) in [6.07, 6.45) is 0. The molecule has 17 heavy (non-hydrogen) atoms. The Balaban J connectivity index is 2.56. The van der Waals surface area contributed by atoms with Gasteiger partial charge in [-0.25, -0.2) is 0 Å². The second-order valence-electron chi connectivity index (χ2n) is 4.66. The van der Waals surface area contributed by atoms with Crippen LogP contribution < -0.4 is 5.73 Å². The predicted octanol–water partition coefficient (Wildman–Crippen LogP) is 0.905. The number of hydrogen-bond acceptors (Lipinski definition) is 5. The van der Waals surface area contributed by atoms with Gasteiger partial charge in [0, 0.05) is 25.2 Å². The van der Waals surface area contributed by atoms with Crippen LogP contribution in [-0.4, -0.2) is 48.2 Å². The van der Waals surface area contributed by atoms with Gasteiger partial charge >= 0.3 is 0 Å². The van der Waals surface area contributed by atoms with Gasteiger partial charge in [-0.05, 0) is 27.6 Å². The number of likely N-dealkylation sites (N-methyl/N-ethyl adjacent to an activating group) is 2. The van der Waals surface area contributed by atoms with Gasteiger partial charge in [0.05, 0.1) is 12.2 Å². The third-order valence-corrected chi connectivity index (χ3v) is 2.83. The van der Waals surface area contributed by atoms with E-state index in [1.165, 1.54) is 0 Å². The summed E-state index contributed by atoms with van der Waals surface area (Å²) in [6.45, 7) is 7.64. The molecule has 0 spiro atoms. The van der Waals surface area contributed by atoms with E-state index in [0.29, 0.717) is 12.6 Å². The molecule has 1 unspecified atom stereocenters. The fraction of sp³-hybridized carbons (Fsp3) is 0.750. The van der Waals surface area contributed by atoms with Crippen LogP contribution in [0, 0.1) is 0 Å². The Morgan fingerprint density at radius 2 is 2.18 bits per heavy atom. The summed E-state index contributed by atoms with van der Waals surface area (Å²) in [5.74, 6) is 0.887.